The number of anilines is 2. The second-order valence-electron chi connectivity index (χ2n) is 8.45. The number of aryl methyl sites for hydroxylation is 1. The molecule has 2 heterocycles. The largest absolute Gasteiger partial charge is 0.493 e. The van der Waals surface area contributed by atoms with E-state index in [1.165, 1.54) is 5.56 Å². The van der Waals surface area contributed by atoms with Gasteiger partial charge in [-0.1, -0.05) is 29.8 Å². The number of carbonyl (C=O) groups excluding carboxylic acids is 1. The highest BCUT2D eigenvalue weighted by atomic mass is 16.6. The van der Waals surface area contributed by atoms with Crippen molar-refractivity contribution < 1.29 is 23.6 Å². The molecule has 9 nitrogen and oxygen atoms in total. The van der Waals surface area contributed by atoms with Gasteiger partial charge < -0.3 is 24.8 Å². The number of carbonyl (C=O) groups is 1. The Morgan fingerprint density at radius 2 is 1.59 bits per heavy atom. The zero-order valence-electron chi connectivity index (χ0n) is 19.5. The highest BCUT2D eigenvalue weighted by molar-refractivity contribution is 6.01. The first kappa shape index (κ1) is 21.8. The molecule has 0 radical (unpaired) electrons. The molecule has 2 N–H and O–H groups in total. The zero-order valence-corrected chi connectivity index (χ0v) is 19.5. The minimum absolute atomic E-state index is 0.0488. The third-order valence-corrected chi connectivity index (χ3v) is 6.40. The van der Waals surface area contributed by atoms with Crippen LogP contribution >= 0.6 is 0 Å². The molecule has 0 fully saturated rings. The van der Waals surface area contributed by atoms with Crippen LogP contribution in [0.5, 0.6) is 17.2 Å². The summed E-state index contributed by atoms with van der Waals surface area (Å²) in [7, 11) is 4.68. The number of hydrogen-bond donors (Lipinski definition) is 2. The minimum atomic E-state index is -0.518. The van der Waals surface area contributed by atoms with Crippen LogP contribution in [0.4, 0.5) is 11.6 Å². The third-order valence-electron chi connectivity index (χ3n) is 6.40. The molecule has 0 saturated carbocycles. The number of Topliss-reactive ketones (excluding diaryl/α,β-unsaturated/α-hetero) is 1. The zero-order chi connectivity index (χ0) is 23.8. The molecular weight excluding hydrogens is 436 g/mol. The average Bonchev–Trinajstić information content (AvgIpc) is 3.21. The minimum Gasteiger partial charge on any atom is -0.493 e. The maximum Gasteiger partial charge on any atom is 0.219 e. The topological polar surface area (TPSA) is 108 Å². The summed E-state index contributed by atoms with van der Waals surface area (Å²) in [6.07, 6.45) is 1.06. The Labute approximate surface area is 197 Å². The number of ketones is 1. The van der Waals surface area contributed by atoms with Crippen LogP contribution in [0.25, 0.3) is 0 Å². The Kier molecular flexibility index (Phi) is 5.61. The van der Waals surface area contributed by atoms with Crippen LogP contribution in [0.1, 0.15) is 41.5 Å². The molecule has 1 aromatic heterocycles. The lowest BCUT2D eigenvalue weighted by molar-refractivity contribution is -0.116. The second-order valence-corrected chi connectivity index (χ2v) is 8.45. The van der Waals surface area contributed by atoms with E-state index in [0.717, 1.165) is 16.8 Å². The van der Waals surface area contributed by atoms with E-state index in [0.29, 0.717) is 47.3 Å². The van der Waals surface area contributed by atoms with Crippen molar-refractivity contribution in [3.63, 3.8) is 0 Å². The molecule has 2 atom stereocenters. The van der Waals surface area contributed by atoms with Crippen LogP contribution in [0.2, 0.25) is 0 Å². The van der Waals surface area contributed by atoms with Gasteiger partial charge in [0.1, 0.15) is 0 Å². The standard InChI is InChI=1S/C25H26N4O5/c1-13-5-7-14(8-6-13)15-9-17-21(18(30)10-15)22(27-25-24(26-17)28-34-29-25)16-11-19(31-2)23(33-4)20(12-16)32-3/h5-8,11-12,15,22H,9-10H2,1-4H3,(H,26,28)(H,27,29). The van der Waals surface area contributed by atoms with Crippen molar-refractivity contribution in [2.45, 2.75) is 31.7 Å². The number of ether oxygens (including phenoxy) is 3. The van der Waals surface area contributed by atoms with Crippen molar-refractivity contribution >= 4 is 17.4 Å². The molecule has 2 unspecified atom stereocenters. The predicted molar refractivity (Wildman–Crippen MR) is 126 cm³/mol. The summed E-state index contributed by atoms with van der Waals surface area (Å²) in [5, 5.41) is 14.6. The van der Waals surface area contributed by atoms with Crippen LogP contribution in [0.15, 0.2) is 52.3 Å². The highest BCUT2D eigenvalue weighted by Crippen LogP contribution is 2.46. The SMILES string of the molecule is COc1cc(C2Nc3nonc3NC3=C2C(=O)CC(c2ccc(C)cc2)C3)cc(OC)c1OC. The van der Waals surface area contributed by atoms with Crippen molar-refractivity contribution in [1.82, 2.24) is 10.3 Å². The van der Waals surface area contributed by atoms with Crippen molar-refractivity contribution in [3.8, 4) is 17.2 Å². The lowest BCUT2D eigenvalue weighted by Gasteiger charge is -2.30. The Balaban J connectivity index is 1.62. The first-order valence-corrected chi connectivity index (χ1v) is 11.0. The monoisotopic (exact) mass is 462 g/mol. The number of benzene rings is 2. The van der Waals surface area contributed by atoms with Crippen molar-refractivity contribution in [2.75, 3.05) is 32.0 Å². The highest BCUT2D eigenvalue weighted by Gasteiger charge is 2.38. The summed E-state index contributed by atoms with van der Waals surface area (Å²) in [6, 6.07) is 11.5. The Bertz CT molecular complexity index is 1240. The van der Waals surface area contributed by atoms with E-state index >= 15 is 0 Å². The normalized spacial score (nSPS) is 19.4. The molecular formula is C25H26N4O5. The van der Waals surface area contributed by atoms with E-state index in [9.17, 15) is 4.79 Å². The molecule has 0 amide bonds. The molecule has 1 aliphatic carbocycles. The molecule has 0 bridgehead atoms. The van der Waals surface area contributed by atoms with Gasteiger partial charge in [-0.15, -0.1) is 0 Å². The van der Waals surface area contributed by atoms with Gasteiger partial charge in [-0.3, -0.25) is 4.79 Å². The number of rotatable bonds is 5. The van der Waals surface area contributed by atoms with E-state index in [2.05, 4.69) is 52.1 Å². The van der Waals surface area contributed by atoms with Gasteiger partial charge in [0.25, 0.3) is 0 Å². The van der Waals surface area contributed by atoms with Crippen molar-refractivity contribution in [3.05, 3.63) is 64.4 Å². The number of aromatic nitrogens is 2. The van der Waals surface area contributed by atoms with Gasteiger partial charge in [0.15, 0.2) is 17.3 Å². The lowest BCUT2D eigenvalue weighted by atomic mass is 9.78. The van der Waals surface area contributed by atoms with Gasteiger partial charge in [-0.2, -0.15) is 0 Å². The molecule has 0 saturated heterocycles. The molecule has 2 aliphatic rings. The number of methoxy groups -OCH3 is 3. The van der Waals surface area contributed by atoms with Gasteiger partial charge in [0, 0.05) is 17.7 Å². The Morgan fingerprint density at radius 3 is 2.24 bits per heavy atom. The fourth-order valence-corrected chi connectivity index (χ4v) is 4.69. The Morgan fingerprint density at radius 1 is 0.912 bits per heavy atom. The molecule has 176 valence electrons. The number of nitrogens with one attached hydrogen (secondary N) is 2. The van der Waals surface area contributed by atoms with Crippen molar-refractivity contribution in [1.29, 1.82) is 0 Å². The summed E-state index contributed by atoms with van der Waals surface area (Å²) < 4.78 is 21.5. The first-order valence-electron chi connectivity index (χ1n) is 11.0. The molecule has 3 aromatic rings. The van der Waals surface area contributed by atoms with Gasteiger partial charge in [0.05, 0.1) is 27.4 Å². The van der Waals surface area contributed by atoms with E-state index < -0.39 is 6.04 Å². The summed E-state index contributed by atoms with van der Waals surface area (Å²) in [6.45, 7) is 2.05. The van der Waals surface area contributed by atoms with Gasteiger partial charge >= 0.3 is 0 Å². The van der Waals surface area contributed by atoms with Gasteiger partial charge in [0.2, 0.25) is 17.4 Å². The van der Waals surface area contributed by atoms with Crippen LogP contribution in [-0.2, 0) is 4.79 Å². The number of fused-ring (bicyclic) bond motifs is 1. The summed E-state index contributed by atoms with van der Waals surface area (Å²) >= 11 is 0. The molecule has 5 rings (SSSR count). The lowest BCUT2D eigenvalue weighted by Crippen LogP contribution is -2.27. The summed E-state index contributed by atoms with van der Waals surface area (Å²) in [5.41, 5.74) is 4.51. The van der Waals surface area contributed by atoms with E-state index in [1.807, 2.05) is 12.1 Å². The van der Waals surface area contributed by atoms with Crippen LogP contribution in [0, 0.1) is 6.92 Å². The first-order chi connectivity index (χ1) is 16.5. The quantitative estimate of drug-likeness (QED) is 0.571. The molecule has 34 heavy (non-hydrogen) atoms. The fourth-order valence-electron chi connectivity index (χ4n) is 4.69. The van der Waals surface area contributed by atoms with Crippen LogP contribution in [-0.4, -0.2) is 37.4 Å². The van der Waals surface area contributed by atoms with Crippen molar-refractivity contribution in [2.24, 2.45) is 0 Å². The van der Waals surface area contributed by atoms with Crippen LogP contribution in [0.3, 0.4) is 0 Å². The predicted octanol–water partition coefficient (Wildman–Crippen LogP) is 4.38. The maximum atomic E-state index is 13.6. The molecule has 9 heteroatoms. The van der Waals surface area contributed by atoms with Gasteiger partial charge in [-0.05, 0) is 52.8 Å². The smallest absolute Gasteiger partial charge is 0.219 e. The number of allylic oxidation sites excluding steroid dienone is 1. The molecule has 2 aromatic carbocycles. The van der Waals surface area contributed by atoms with Crippen LogP contribution < -0.4 is 24.8 Å². The van der Waals surface area contributed by atoms with E-state index in [1.54, 1.807) is 21.3 Å². The number of nitrogens with zero attached hydrogens (tertiary/aromatic N) is 2. The fraction of sp³-hybridized carbons (Fsp3) is 0.320. The number of hydrogen-bond acceptors (Lipinski definition) is 9. The van der Waals surface area contributed by atoms with E-state index in [-0.39, 0.29) is 11.7 Å². The average molecular weight is 463 g/mol. The van der Waals surface area contributed by atoms with E-state index in [4.69, 9.17) is 18.8 Å². The summed E-state index contributed by atoms with van der Waals surface area (Å²) in [5.74, 6) is 2.45. The third kappa shape index (κ3) is 3.72. The molecule has 0 spiro atoms. The summed E-state index contributed by atoms with van der Waals surface area (Å²) in [4.78, 5) is 13.6. The maximum absolute atomic E-state index is 13.6. The molecule has 1 aliphatic heterocycles. The second kappa shape index (κ2) is 8.74. The Hall–Kier alpha value is -4.01. The van der Waals surface area contributed by atoms with Gasteiger partial charge in [-0.25, -0.2) is 4.63 Å².